The predicted molar refractivity (Wildman–Crippen MR) is 234 cm³/mol. The highest BCUT2D eigenvalue weighted by Gasteiger charge is 2.23. The average Bonchev–Trinajstić information content (AvgIpc) is 3.16. The molecular formula is C52H50O2. The van der Waals surface area contributed by atoms with Crippen molar-refractivity contribution in [3.63, 3.8) is 0 Å². The van der Waals surface area contributed by atoms with Crippen molar-refractivity contribution in [2.75, 3.05) is 13.2 Å². The van der Waals surface area contributed by atoms with Crippen molar-refractivity contribution in [2.24, 2.45) is 0 Å². The van der Waals surface area contributed by atoms with Gasteiger partial charge in [-0.2, -0.15) is 0 Å². The van der Waals surface area contributed by atoms with E-state index in [0.717, 1.165) is 35.5 Å². The second-order valence-corrected chi connectivity index (χ2v) is 17.4. The minimum atomic E-state index is 0.0717. The molecule has 0 aromatic heterocycles. The van der Waals surface area contributed by atoms with Gasteiger partial charge < -0.3 is 9.47 Å². The fraction of sp³-hybridized carbons (Fsp3) is 0.269. The summed E-state index contributed by atoms with van der Waals surface area (Å²) in [6, 6.07) is 41.6. The summed E-state index contributed by atoms with van der Waals surface area (Å²) in [6.07, 6.45) is 1.85. The smallest absolute Gasteiger partial charge is 0.128 e. The van der Waals surface area contributed by atoms with Crippen molar-refractivity contribution in [1.29, 1.82) is 0 Å². The molecular weight excluding hydrogens is 657 g/mol. The third kappa shape index (κ3) is 5.53. The van der Waals surface area contributed by atoms with Crippen LogP contribution in [-0.2, 0) is 10.8 Å². The molecule has 0 fully saturated rings. The Labute approximate surface area is 319 Å². The largest absolute Gasteiger partial charge is 0.493 e. The van der Waals surface area contributed by atoms with Gasteiger partial charge in [0.15, 0.2) is 0 Å². The SMILES string of the molecule is CCCOc1cc(-c2ccc3ccc4cc(C(C)(C)C)cc5ccc2c3c45)c(OCCC)cc1-c1ccc2ccc3cc(C(C)(C)C)cc4ccc1c2c34. The van der Waals surface area contributed by atoms with E-state index in [1.807, 2.05) is 0 Å². The lowest BCUT2D eigenvalue weighted by molar-refractivity contribution is 0.311. The van der Waals surface area contributed by atoms with Gasteiger partial charge in [0, 0.05) is 11.1 Å². The zero-order valence-electron chi connectivity index (χ0n) is 33.0. The molecule has 0 aliphatic heterocycles. The Hall–Kier alpha value is -5.34. The van der Waals surface area contributed by atoms with E-state index in [9.17, 15) is 0 Å². The Kier molecular flexibility index (Phi) is 8.05. The summed E-state index contributed by atoms with van der Waals surface area (Å²) < 4.78 is 13.4. The molecule has 270 valence electrons. The average molecular weight is 707 g/mol. The molecule has 0 N–H and O–H groups in total. The van der Waals surface area contributed by atoms with Crippen LogP contribution in [0.3, 0.4) is 0 Å². The standard InChI is InChI=1S/C52H50O2/c1-9-23-53-45-29-44(40-20-16-32-12-14-34-26-38(52(6,7)8)28-36-18-22-42(40)50(32)48(34)36)46(54-24-10-2)30-43(45)39-19-15-31-11-13-33-25-37(51(3,4)5)27-35-17-21-41(39)49(31)47(33)35/h11-22,25-30H,9-10,23-24H2,1-8H3. The number of benzene rings is 9. The quantitative estimate of drug-likeness (QED) is 0.146. The first-order chi connectivity index (χ1) is 25.9. The van der Waals surface area contributed by atoms with Gasteiger partial charge in [-0.1, -0.05) is 152 Å². The number of hydrogen-bond donors (Lipinski definition) is 0. The highest BCUT2D eigenvalue weighted by Crippen LogP contribution is 2.49. The van der Waals surface area contributed by atoms with Gasteiger partial charge in [-0.25, -0.2) is 0 Å². The second kappa shape index (κ2) is 12.6. The molecule has 9 aromatic carbocycles. The summed E-state index contributed by atoms with van der Waals surface area (Å²) in [6.45, 7) is 19.4. The Balaban J connectivity index is 1.29. The van der Waals surface area contributed by atoms with Gasteiger partial charge in [0.05, 0.1) is 13.2 Å². The number of rotatable bonds is 8. The third-order valence-corrected chi connectivity index (χ3v) is 11.5. The number of ether oxygens (including phenoxy) is 2. The molecule has 0 heterocycles. The molecule has 0 bridgehead atoms. The highest BCUT2D eigenvalue weighted by molar-refractivity contribution is 6.27. The van der Waals surface area contributed by atoms with E-state index >= 15 is 0 Å². The maximum absolute atomic E-state index is 6.72. The molecule has 9 aromatic rings. The van der Waals surface area contributed by atoms with Crippen LogP contribution >= 0.6 is 0 Å². The van der Waals surface area contributed by atoms with Gasteiger partial charge in [-0.3, -0.25) is 0 Å². The van der Waals surface area contributed by atoms with Crippen molar-refractivity contribution in [3.8, 4) is 33.8 Å². The lowest BCUT2D eigenvalue weighted by atomic mass is 9.82. The van der Waals surface area contributed by atoms with Crippen LogP contribution in [0.1, 0.15) is 79.4 Å². The topological polar surface area (TPSA) is 18.5 Å². The van der Waals surface area contributed by atoms with E-state index in [4.69, 9.17) is 9.47 Å². The third-order valence-electron chi connectivity index (χ3n) is 11.5. The highest BCUT2D eigenvalue weighted by atomic mass is 16.5. The first kappa shape index (κ1) is 34.4. The molecule has 9 rings (SSSR count). The van der Waals surface area contributed by atoms with E-state index in [1.165, 1.54) is 86.9 Å². The van der Waals surface area contributed by atoms with Gasteiger partial charge in [0.25, 0.3) is 0 Å². The van der Waals surface area contributed by atoms with Crippen LogP contribution in [0.2, 0.25) is 0 Å². The molecule has 0 saturated carbocycles. The van der Waals surface area contributed by atoms with E-state index in [0.29, 0.717) is 13.2 Å². The summed E-state index contributed by atoms with van der Waals surface area (Å²) in [5, 5.41) is 15.4. The Bertz CT molecular complexity index is 2630. The summed E-state index contributed by atoms with van der Waals surface area (Å²) >= 11 is 0. The van der Waals surface area contributed by atoms with Crippen LogP contribution in [0.4, 0.5) is 0 Å². The van der Waals surface area contributed by atoms with Crippen molar-refractivity contribution in [3.05, 3.63) is 120 Å². The van der Waals surface area contributed by atoms with Gasteiger partial charge in [-0.05, 0) is 123 Å². The number of hydrogen-bond acceptors (Lipinski definition) is 2. The minimum Gasteiger partial charge on any atom is -0.493 e. The summed E-state index contributed by atoms with van der Waals surface area (Å²) in [7, 11) is 0. The Morgan fingerprint density at radius 1 is 0.370 bits per heavy atom. The molecule has 54 heavy (non-hydrogen) atoms. The normalized spacial score (nSPS) is 12.7. The maximum atomic E-state index is 6.72. The molecule has 0 unspecified atom stereocenters. The molecule has 0 atom stereocenters. The molecule has 0 radical (unpaired) electrons. The van der Waals surface area contributed by atoms with Crippen molar-refractivity contribution in [1.82, 2.24) is 0 Å². The molecule has 0 amide bonds. The van der Waals surface area contributed by atoms with Crippen LogP contribution in [0.5, 0.6) is 11.5 Å². The zero-order chi connectivity index (χ0) is 37.5. The molecule has 2 heteroatoms. The van der Waals surface area contributed by atoms with Gasteiger partial charge in [0.2, 0.25) is 0 Å². The molecule has 2 nitrogen and oxygen atoms in total. The van der Waals surface area contributed by atoms with Gasteiger partial charge in [-0.15, -0.1) is 0 Å². The van der Waals surface area contributed by atoms with Gasteiger partial charge in [0.1, 0.15) is 11.5 Å². The second-order valence-electron chi connectivity index (χ2n) is 17.4. The lowest BCUT2D eigenvalue weighted by Gasteiger charge is -2.23. The van der Waals surface area contributed by atoms with Crippen LogP contribution in [-0.4, -0.2) is 13.2 Å². The Morgan fingerprint density at radius 2 is 0.704 bits per heavy atom. The Morgan fingerprint density at radius 3 is 1.06 bits per heavy atom. The lowest BCUT2D eigenvalue weighted by Crippen LogP contribution is -2.10. The fourth-order valence-corrected chi connectivity index (χ4v) is 8.62. The molecule has 0 aliphatic carbocycles. The molecule has 0 spiro atoms. The van der Waals surface area contributed by atoms with E-state index < -0.39 is 0 Å². The monoisotopic (exact) mass is 706 g/mol. The van der Waals surface area contributed by atoms with E-state index in [-0.39, 0.29) is 10.8 Å². The zero-order valence-corrected chi connectivity index (χ0v) is 33.0. The van der Waals surface area contributed by atoms with Crippen LogP contribution < -0.4 is 9.47 Å². The predicted octanol–water partition coefficient (Wildman–Crippen LogP) is 15.0. The van der Waals surface area contributed by atoms with Crippen LogP contribution in [0.15, 0.2) is 109 Å². The van der Waals surface area contributed by atoms with E-state index in [1.54, 1.807) is 0 Å². The molecule has 0 saturated heterocycles. The summed E-state index contributed by atoms with van der Waals surface area (Å²) in [5.74, 6) is 1.78. The van der Waals surface area contributed by atoms with Gasteiger partial charge >= 0.3 is 0 Å². The van der Waals surface area contributed by atoms with Crippen LogP contribution in [0, 0.1) is 0 Å². The first-order valence-corrected chi connectivity index (χ1v) is 19.8. The first-order valence-electron chi connectivity index (χ1n) is 19.8. The van der Waals surface area contributed by atoms with Crippen molar-refractivity contribution < 1.29 is 9.47 Å². The van der Waals surface area contributed by atoms with Crippen LogP contribution in [0.25, 0.3) is 86.9 Å². The minimum absolute atomic E-state index is 0.0717. The maximum Gasteiger partial charge on any atom is 0.128 e. The molecule has 0 aliphatic rings. The van der Waals surface area contributed by atoms with Crippen molar-refractivity contribution >= 4 is 64.6 Å². The van der Waals surface area contributed by atoms with Crippen molar-refractivity contribution in [2.45, 2.75) is 79.1 Å². The fourth-order valence-electron chi connectivity index (χ4n) is 8.62. The summed E-state index contributed by atoms with van der Waals surface area (Å²) in [4.78, 5) is 0. The summed E-state index contributed by atoms with van der Waals surface area (Å²) in [5.41, 5.74) is 7.33. The van der Waals surface area contributed by atoms with E-state index in [2.05, 4.69) is 165 Å².